The van der Waals surface area contributed by atoms with Crippen LogP contribution in [0.2, 0.25) is 5.02 Å². The Labute approximate surface area is 288 Å². The van der Waals surface area contributed by atoms with Crippen molar-refractivity contribution < 1.29 is 23.0 Å². The third kappa shape index (κ3) is 6.42. The Kier molecular flexibility index (Phi) is 8.92. The van der Waals surface area contributed by atoms with E-state index in [9.17, 15) is 14.4 Å². The van der Waals surface area contributed by atoms with E-state index in [1.165, 1.54) is 25.1 Å². The average molecular weight is 690 g/mol. The maximum Gasteiger partial charge on any atom is 0.410 e. The third-order valence-electron chi connectivity index (χ3n) is 9.70. The van der Waals surface area contributed by atoms with Gasteiger partial charge in [0.05, 0.1) is 28.9 Å². The van der Waals surface area contributed by atoms with Crippen LogP contribution in [0.1, 0.15) is 52.9 Å². The molecule has 13 heteroatoms. The molecule has 3 fully saturated rings. The van der Waals surface area contributed by atoms with E-state index in [0.29, 0.717) is 46.7 Å². The third-order valence-corrected chi connectivity index (χ3v) is 10.1. The highest BCUT2D eigenvalue weighted by Gasteiger charge is 2.38. The average Bonchev–Trinajstić information content (AvgIpc) is 3.69. The van der Waals surface area contributed by atoms with E-state index in [1.807, 2.05) is 4.90 Å². The molecular weight excluding hydrogens is 652 g/mol. The summed E-state index contributed by atoms with van der Waals surface area (Å²) in [6, 6.07) is 10.5. The molecule has 10 nitrogen and oxygen atoms in total. The van der Waals surface area contributed by atoms with Crippen LogP contribution in [-0.4, -0.2) is 87.4 Å². The molecule has 3 aliphatic rings. The molecule has 49 heavy (non-hydrogen) atoms. The summed E-state index contributed by atoms with van der Waals surface area (Å²) in [5.41, 5.74) is -0.411. The second-order valence-corrected chi connectivity index (χ2v) is 14.4. The van der Waals surface area contributed by atoms with Crippen LogP contribution in [0.4, 0.5) is 19.4 Å². The van der Waals surface area contributed by atoms with Crippen LogP contribution in [-0.2, 0) is 4.74 Å². The number of carbonyl (C=O) groups is 1. The number of ether oxygens (including phenoxy) is 2. The second kappa shape index (κ2) is 13.2. The zero-order valence-corrected chi connectivity index (χ0v) is 28.5. The molecule has 0 spiro atoms. The van der Waals surface area contributed by atoms with Crippen LogP contribution in [0.3, 0.4) is 0 Å². The predicted octanol–water partition coefficient (Wildman–Crippen LogP) is 7.12. The minimum absolute atomic E-state index is 0.00796. The van der Waals surface area contributed by atoms with Gasteiger partial charge in [-0.1, -0.05) is 35.9 Å². The SMILES string of the molecule is CC(C)(C)OC(=O)N1CCN(c2nc(OCC3CCC4CCCN43)nc3c(F)c(-c4cccc5ccc(F)c(Cl)c45)ncc23)C[C@@H]1CC#N. The number of rotatable bonds is 6. The van der Waals surface area contributed by atoms with E-state index in [4.69, 9.17) is 26.1 Å². The first kappa shape index (κ1) is 33.2. The van der Waals surface area contributed by atoms with E-state index in [2.05, 4.69) is 20.9 Å². The Morgan fingerprint density at radius 3 is 2.71 bits per heavy atom. The normalized spacial score (nSPS) is 21.3. The van der Waals surface area contributed by atoms with Crippen molar-refractivity contribution in [3.05, 3.63) is 53.2 Å². The van der Waals surface area contributed by atoms with Crippen molar-refractivity contribution in [2.75, 3.05) is 37.7 Å². The minimum atomic E-state index is -0.722. The zero-order chi connectivity index (χ0) is 34.4. The fraction of sp³-hybridized carbons (Fsp3) is 0.472. The molecule has 0 radical (unpaired) electrons. The smallest absolute Gasteiger partial charge is 0.410 e. The fourth-order valence-corrected chi connectivity index (χ4v) is 7.73. The standard InChI is InChI=1S/C36H38ClF2N7O3/c1-36(2,3)49-35(47)46-17-16-44(19-23(46)13-14-40)33-26-18-41-31(25-8-4-6-21-9-12-27(38)29(37)28(21)25)30(39)32(26)42-34(43-33)48-20-24-11-10-22-7-5-15-45(22)24/h4,6,8-9,12,18,22-24H,5,7,10-11,13,15-17,19-20H2,1-3H3/t22?,23-,24?/m0/s1. The van der Waals surface area contributed by atoms with Gasteiger partial charge >= 0.3 is 12.1 Å². The lowest BCUT2D eigenvalue weighted by Gasteiger charge is -2.41. The first-order chi connectivity index (χ1) is 23.5. The van der Waals surface area contributed by atoms with Crippen LogP contribution in [0, 0.1) is 23.0 Å². The molecule has 256 valence electrons. The van der Waals surface area contributed by atoms with Crippen molar-refractivity contribution in [2.24, 2.45) is 0 Å². The highest BCUT2D eigenvalue weighted by molar-refractivity contribution is 6.36. The molecule has 1 amide bonds. The number of hydrogen-bond donors (Lipinski definition) is 0. The Hall–Kier alpha value is -4.34. The van der Waals surface area contributed by atoms with Crippen LogP contribution in [0.25, 0.3) is 32.9 Å². The highest BCUT2D eigenvalue weighted by atomic mass is 35.5. The highest BCUT2D eigenvalue weighted by Crippen LogP contribution is 2.39. The summed E-state index contributed by atoms with van der Waals surface area (Å²) < 4.78 is 43.3. The molecule has 3 atom stereocenters. The second-order valence-electron chi connectivity index (χ2n) is 14.0. The molecule has 3 aliphatic heterocycles. The van der Waals surface area contributed by atoms with Gasteiger partial charge in [-0.2, -0.15) is 15.2 Å². The number of nitriles is 1. The Morgan fingerprint density at radius 2 is 1.92 bits per heavy atom. The monoisotopic (exact) mass is 689 g/mol. The lowest BCUT2D eigenvalue weighted by atomic mass is 10.0. The van der Waals surface area contributed by atoms with Crippen molar-refractivity contribution in [1.29, 1.82) is 5.26 Å². The number of benzene rings is 2. The molecule has 4 aromatic rings. The number of amides is 1. The number of pyridine rings is 1. The summed E-state index contributed by atoms with van der Waals surface area (Å²) in [7, 11) is 0. The van der Waals surface area contributed by atoms with Gasteiger partial charge in [-0.25, -0.2) is 13.6 Å². The maximum atomic E-state index is 16.8. The number of piperazine rings is 1. The van der Waals surface area contributed by atoms with Gasteiger partial charge in [-0.05, 0) is 64.5 Å². The van der Waals surface area contributed by atoms with Crippen molar-refractivity contribution in [2.45, 2.75) is 76.6 Å². The van der Waals surface area contributed by atoms with Gasteiger partial charge in [0.25, 0.3) is 0 Å². The van der Waals surface area contributed by atoms with E-state index in [-0.39, 0.29) is 47.8 Å². The topological polar surface area (TPSA) is 108 Å². The molecule has 0 saturated carbocycles. The van der Waals surface area contributed by atoms with Gasteiger partial charge in [-0.3, -0.25) is 9.88 Å². The molecule has 2 aromatic heterocycles. The van der Waals surface area contributed by atoms with Crippen molar-refractivity contribution in [3.8, 4) is 23.3 Å². The van der Waals surface area contributed by atoms with Gasteiger partial charge in [0.2, 0.25) is 0 Å². The van der Waals surface area contributed by atoms with Gasteiger partial charge in [0.15, 0.2) is 5.82 Å². The van der Waals surface area contributed by atoms with Crippen molar-refractivity contribution in [1.82, 2.24) is 24.8 Å². The van der Waals surface area contributed by atoms with Gasteiger partial charge < -0.3 is 19.3 Å². The van der Waals surface area contributed by atoms with Gasteiger partial charge in [-0.15, -0.1) is 0 Å². The molecule has 2 unspecified atom stereocenters. The van der Waals surface area contributed by atoms with Gasteiger partial charge in [0, 0.05) is 48.9 Å². The molecule has 0 bridgehead atoms. The number of aromatic nitrogens is 3. The lowest BCUT2D eigenvalue weighted by Crippen LogP contribution is -2.56. The Balaban J connectivity index is 1.29. The van der Waals surface area contributed by atoms with E-state index in [0.717, 1.165) is 19.4 Å². The number of anilines is 1. The maximum absolute atomic E-state index is 16.8. The van der Waals surface area contributed by atoms with E-state index >= 15 is 4.39 Å². The minimum Gasteiger partial charge on any atom is -0.462 e. The molecular formula is C36H38ClF2N7O3. The van der Waals surface area contributed by atoms with Gasteiger partial charge in [0.1, 0.15) is 35.1 Å². The summed E-state index contributed by atoms with van der Waals surface area (Å²) >= 11 is 6.41. The van der Waals surface area contributed by atoms with Crippen molar-refractivity contribution in [3.63, 3.8) is 0 Å². The molecule has 0 aliphatic carbocycles. The lowest BCUT2D eigenvalue weighted by molar-refractivity contribution is 0.0145. The summed E-state index contributed by atoms with van der Waals surface area (Å²) in [5, 5.41) is 10.9. The molecule has 0 N–H and O–H groups in total. The summed E-state index contributed by atoms with van der Waals surface area (Å²) in [6.45, 7) is 7.62. The quantitative estimate of drug-likeness (QED) is 0.209. The van der Waals surface area contributed by atoms with Crippen LogP contribution >= 0.6 is 11.6 Å². The Morgan fingerprint density at radius 1 is 1.08 bits per heavy atom. The van der Waals surface area contributed by atoms with Crippen LogP contribution in [0.15, 0.2) is 36.5 Å². The first-order valence-electron chi connectivity index (χ1n) is 16.8. The number of hydrogen-bond acceptors (Lipinski definition) is 9. The summed E-state index contributed by atoms with van der Waals surface area (Å²) in [5.74, 6) is -0.954. The summed E-state index contributed by atoms with van der Waals surface area (Å²) in [4.78, 5) is 32.9. The van der Waals surface area contributed by atoms with Crippen molar-refractivity contribution >= 4 is 45.2 Å². The first-order valence-corrected chi connectivity index (χ1v) is 17.1. The molecule has 3 saturated heterocycles. The Bertz CT molecular complexity index is 1970. The van der Waals surface area contributed by atoms with Crippen LogP contribution < -0.4 is 9.64 Å². The molecule has 7 rings (SSSR count). The number of nitrogens with zero attached hydrogens (tertiary/aromatic N) is 7. The number of carbonyl (C=O) groups excluding carboxylic acids is 1. The van der Waals surface area contributed by atoms with Crippen LogP contribution in [0.5, 0.6) is 6.01 Å². The number of halogens is 3. The molecule has 5 heterocycles. The number of fused-ring (bicyclic) bond motifs is 3. The van der Waals surface area contributed by atoms with E-state index < -0.39 is 29.4 Å². The summed E-state index contributed by atoms with van der Waals surface area (Å²) in [6.07, 6.45) is 5.56. The fourth-order valence-electron chi connectivity index (χ4n) is 7.46. The largest absolute Gasteiger partial charge is 0.462 e. The zero-order valence-electron chi connectivity index (χ0n) is 27.8. The van der Waals surface area contributed by atoms with E-state index in [1.54, 1.807) is 49.9 Å². The predicted molar refractivity (Wildman–Crippen MR) is 183 cm³/mol. The molecule has 2 aromatic carbocycles.